The third-order valence-electron chi connectivity index (χ3n) is 3.98. The van der Waals surface area contributed by atoms with Gasteiger partial charge in [-0.1, -0.05) is 0 Å². The van der Waals surface area contributed by atoms with Crippen LogP contribution in [0.1, 0.15) is 36.3 Å². The highest BCUT2D eigenvalue weighted by Gasteiger charge is 2.28. The smallest absolute Gasteiger partial charge is 0.219 e. The Balaban J connectivity index is 1.92. The third kappa shape index (κ3) is 1.82. The van der Waals surface area contributed by atoms with Crippen LogP contribution in [-0.2, 0) is 22.5 Å². The lowest BCUT2D eigenvalue weighted by Crippen LogP contribution is -2.35. The van der Waals surface area contributed by atoms with Crippen LogP contribution in [0.3, 0.4) is 0 Å². The molecular weight excluding hydrogens is 230 g/mol. The molecule has 0 aromatic carbocycles. The lowest BCUT2D eigenvalue weighted by atomic mass is 10.0. The summed E-state index contributed by atoms with van der Waals surface area (Å²) in [5, 5.41) is 4.67. The predicted octanol–water partition coefficient (Wildman–Crippen LogP) is 1.06. The number of ether oxygens (including phenoxy) is 1. The fraction of sp³-hybridized carbons (Fsp3) is 0.692. The van der Waals surface area contributed by atoms with E-state index < -0.39 is 0 Å². The van der Waals surface area contributed by atoms with E-state index in [0.29, 0.717) is 12.6 Å². The minimum absolute atomic E-state index is 0.150. The summed E-state index contributed by atoms with van der Waals surface area (Å²) < 4.78 is 7.59. The van der Waals surface area contributed by atoms with Gasteiger partial charge in [-0.05, 0) is 13.3 Å². The molecule has 0 aliphatic carbocycles. The van der Waals surface area contributed by atoms with Gasteiger partial charge in [0.2, 0.25) is 5.91 Å². The second kappa shape index (κ2) is 4.39. The van der Waals surface area contributed by atoms with E-state index in [1.807, 2.05) is 11.8 Å². The van der Waals surface area contributed by atoms with Crippen molar-refractivity contribution in [1.82, 2.24) is 14.7 Å². The van der Waals surface area contributed by atoms with Crippen LogP contribution in [0, 0.1) is 6.92 Å². The van der Waals surface area contributed by atoms with Crippen LogP contribution >= 0.6 is 0 Å². The Bertz CT molecular complexity index is 475. The van der Waals surface area contributed by atoms with Crippen molar-refractivity contribution in [3.8, 4) is 0 Å². The van der Waals surface area contributed by atoms with Crippen LogP contribution in [-0.4, -0.2) is 40.3 Å². The van der Waals surface area contributed by atoms with Crippen molar-refractivity contribution >= 4 is 5.91 Å². The number of amides is 1. The highest BCUT2D eigenvalue weighted by atomic mass is 16.5. The fourth-order valence-electron chi connectivity index (χ4n) is 2.90. The van der Waals surface area contributed by atoms with E-state index in [4.69, 9.17) is 4.74 Å². The number of carbonyl (C=O) groups is 1. The van der Waals surface area contributed by atoms with Crippen molar-refractivity contribution in [3.05, 3.63) is 17.0 Å². The second-order valence-corrected chi connectivity index (χ2v) is 5.16. The van der Waals surface area contributed by atoms with Gasteiger partial charge in [0.15, 0.2) is 0 Å². The molecule has 5 heteroatoms. The minimum Gasteiger partial charge on any atom is -0.379 e. The molecule has 1 fully saturated rings. The summed E-state index contributed by atoms with van der Waals surface area (Å²) in [7, 11) is 0. The highest BCUT2D eigenvalue weighted by Crippen LogP contribution is 2.28. The van der Waals surface area contributed by atoms with E-state index in [1.54, 1.807) is 6.92 Å². The maximum absolute atomic E-state index is 11.5. The summed E-state index contributed by atoms with van der Waals surface area (Å²) in [6, 6.07) is 0.385. The van der Waals surface area contributed by atoms with E-state index >= 15 is 0 Å². The van der Waals surface area contributed by atoms with Gasteiger partial charge in [-0.3, -0.25) is 9.48 Å². The van der Waals surface area contributed by atoms with Crippen LogP contribution in [0.4, 0.5) is 0 Å². The molecule has 0 saturated carbocycles. The van der Waals surface area contributed by atoms with Gasteiger partial charge in [0.25, 0.3) is 0 Å². The molecule has 1 amide bonds. The molecule has 0 N–H and O–H groups in total. The number of hydrogen-bond acceptors (Lipinski definition) is 3. The monoisotopic (exact) mass is 249 g/mol. The first-order valence-corrected chi connectivity index (χ1v) is 6.57. The van der Waals surface area contributed by atoms with Crippen LogP contribution < -0.4 is 0 Å². The summed E-state index contributed by atoms with van der Waals surface area (Å²) in [5.41, 5.74) is 3.60. The Morgan fingerprint density at radius 1 is 1.50 bits per heavy atom. The number of hydrogen-bond donors (Lipinski definition) is 0. The molecule has 3 rings (SSSR count). The van der Waals surface area contributed by atoms with Crippen molar-refractivity contribution in [3.63, 3.8) is 0 Å². The maximum atomic E-state index is 11.5. The van der Waals surface area contributed by atoms with Crippen molar-refractivity contribution in [2.75, 3.05) is 19.8 Å². The number of nitrogens with zero attached hydrogens (tertiary/aromatic N) is 3. The number of aromatic nitrogens is 2. The summed E-state index contributed by atoms with van der Waals surface area (Å²) in [6.45, 7) is 6.79. The Hall–Kier alpha value is -1.36. The zero-order valence-corrected chi connectivity index (χ0v) is 11.0. The molecule has 2 aliphatic rings. The molecule has 2 aliphatic heterocycles. The number of rotatable bonds is 1. The Morgan fingerprint density at radius 3 is 3.00 bits per heavy atom. The van der Waals surface area contributed by atoms with E-state index in [2.05, 4.69) is 9.78 Å². The van der Waals surface area contributed by atoms with Crippen molar-refractivity contribution in [1.29, 1.82) is 0 Å². The Kier molecular flexibility index (Phi) is 2.86. The van der Waals surface area contributed by atoms with E-state index in [-0.39, 0.29) is 5.91 Å². The van der Waals surface area contributed by atoms with Crippen LogP contribution in [0.25, 0.3) is 0 Å². The van der Waals surface area contributed by atoms with Gasteiger partial charge >= 0.3 is 0 Å². The number of aryl methyl sites for hydroxylation is 1. The van der Waals surface area contributed by atoms with Gasteiger partial charge in [0.05, 0.1) is 18.3 Å². The first-order valence-electron chi connectivity index (χ1n) is 6.57. The molecule has 0 spiro atoms. The first-order chi connectivity index (χ1) is 8.66. The van der Waals surface area contributed by atoms with Gasteiger partial charge < -0.3 is 9.64 Å². The standard InChI is InChI=1S/C13H19N3O2/c1-9-12-7-15(10(2)17)5-3-13(12)16(14-9)11-4-6-18-8-11/h11H,3-8H2,1-2H3. The second-order valence-electron chi connectivity index (χ2n) is 5.16. The van der Waals surface area contributed by atoms with Crippen molar-refractivity contribution in [2.45, 2.75) is 39.3 Å². The van der Waals surface area contributed by atoms with E-state index in [0.717, 1.165) is 38.3 Å². The lowest BCUT2D eigenvalue weighted by molar-refractivity contribution is -0.129. The molecule has 3 heterocycles. The summed E-state index contributed by atoms with van der Waals surface area (Å²) in [5.74, 6) is 0.150. The van der Waals surface area contributed by atoms with Gasteiger partial charge in [-0.2, -0.15) is 5.10 Å². The Labute approximate surface area is 107 Å². The Morgan fingerprint density at radius 2 is 2.33 bits per heavy atom. The first kappa shape index (κ1) is 11.7. The van der Waals surface area contributed by atoms with Crippen molar-refractivity contribution in [2.24, 2.45) is 0 Å². The molecular formula is C13H19N3O2. The fourth-order valence-corrected chi connectivity index (χ4v) is 2.90. The van der Waals surface area contributed by atoms with Gasteiger partial charge in [-0.15, -0.1) is 0 Å². The number of carbonyl (C=O) groups excluding carboxylic acids is 1. The quantitative estimate of drug-likeness (QED) is 0.747. The molecule has 0 radical (unpaired) electrons. The van der Waals surface area contributed by atoms with Gasteiger partial charge in [0, 0.05) is 44.3 Å². The van der Waals surface area contributed by atoms with Crippen molar-refractivity contribution < 1.29 is 9.53 Å². The molecule has 1 aromatic rings. The topological polar surface area (TPSA) is 47.4 Å². The van der Waals surface area contributed by atoms with Gasteiger partial charge in [0.1, 0.15) is 0 Å². The molecule has 1 aromatic heterocycles. The molecule has 5 nitrogen and oxygen atoms in total. The molecule has 1 saturated heterocycles. The van der Waals surface area contributed by atoms with Crippen LogP contribution in [0.15, 0.2) is 0 Å². The summed E-state index contributed by atoms with van der Waals surface area (Å²) in [4.78, 5) is 13.4. The SMILES string of the molecule is CC(=O)N1CCc2c(c(C)nn2C2CCOC2)C1. The molecule has 0 bridgehead atoms. The molecule has 98 valence electrons. The molecule has 1 atom stereocenters. The highest BCUT2D eigenvalue weighted by molar-refractivity contribution is 5.73. The largest absolute Gasteiger partial charge is 0.379 e. The van der Waals surface area contributed by atoms with E-state index in [1.165, 1.54) is 11.3 Å². The third-order valence-corrected chi connectivity index (χ3v) is 3.98. The minimum atomic E-state index is 0.150. The summed E-state index contributed by atoms with van der Waals surface area (Å²) in [6.07, 6.45) is 1.95. The normalized spacial score (nSPS) is 23.2. The zero-order valence-electron chi connectivity index (χ0n) is 11.0. The average molecular weight is 249 g/mol. The van der Waals surface area contributed by atoms with E-state index in [9.17, 15) is 4.79 Å². The number of fused-ring (bicyclic) bond motifs is 1. The summed E-state index contributed by atoms with van der Waals surface area (Å²) >= 11 is 0. The molecule has 18 heavy (non-hydrogen) atoms. The molecule has 1 unspecified atom stereocenters. The predicted molar refractivity (Wildman–Crippen MR) is 66.2 cm³/mol. The van der Waals surface area contributed by atoms with Crippen LogP contribution in [0.5, 0.6) is 0 Å². The zero-order chi connectivity index (χ0) is 12.7. The van der Waals surface area contributed by atoms with Crippen LogP contribution in [0.2, 0.25) is 0 Å². The maximum Gasteiger partial charge on any atom is 0.219 e. The average Bonchev–Trinajstić information content (AvgIpc) is 2.97. The lowest BCUT2D eigenvalue weighted by Gasteiger charge is -2.27. The van der Waals surface area contributed by atoms with Gasteiger partial charge in [-0.25, -0.2) is 0 Å².